The minimum absolute atomic E-state index is 0.115. The third-order valence-corrected chi connectivity index (χ3v) is 7.26. The number of aliphatic hydroxyl groups excluding tert-OH is 3. The van der Waals surface area contributed by atoms with E-state index in [4.69, 9.17) is 14.7 Å². The third-order valence-electron chi connectivity index (χ3n) is 7.26. The van der Waals surface area contributed by atoms with E-state index in [0.717, 1.165) is 5.56 Å². The van der Waals surface area contributed by atoms with E-state index in [1.165, 1.54) is 11.1 Å². The van der Waals surface area contributed by atoms with Gasteiger partial charge in [-0.1, -0.05) is 13.0 Å². The van der Waals surface area contributed by atoms with Gasteiger partial charge in [-0.15, -0.1) is 0 Å². The first-order chi connectivity index (χ1) is 17.2. The molecular formula is C25H31N5O6. The van der Waals surface area contributed by atoms with E-state index in [9.17, 15) is 20.1 Å². The molecule has 0 radical (unpaired) electrons. The molecule has 3 N–H and O–H groups in total. The van der Waals surface area contributed by atoms with Crippen LogP contribution in [0.5, 0.6) is 11.5 Å². The highest BCUT2D eigenvalue weighted by Gasteiger charge is 2.49. The van der Waals surface area contributed by atoms with Gasteiger partial charge in [-0.05, 0) is 24.6 Å². The van der Waals surface area contributed by atoms with E-state index in [-0.39, 0.29) is 30.8 Å². The van der Waals surface area contributed by atoms with Gasteiger partial charge in [0.1, 0.15) is 18.0 Å². The number of hydrogen-bond acceptors (Lipinski definition) is 10. The van der Waals surface area contributed by atoms with Crippen LogP contribution in [0.2, 0.25) is 0 Å². The number of nitriles is 1. The number of carbonyl (C=O) groups excluding carboxylic acids is 1. The topological polar surface area (TPSA) is 152 Å². The Kier molecular flexibility index (Phi) is 7.31. The summed E-state index contributed by atoms with van der Waals surface area (Å²) in [5.74, 6) is 1.00. The molecule has 4 atom stereocenters. The number of benzene rings is 1. The maximum Gasteiger partial charge on any atom is 0.253 e. The molecule has 2 saturated heterocycles. The summed E-state index contributed by atoms with van der Waals surface area (Å²) >= 11 is 0. The zero-order chi connectivity index (χ0) is 26.0. The van der Waals surface area contributed by atoms with E-state index in [1.807, 2.05) is 36.1 Å². The largest absolute Gasteiger partial charge is 0.493 e. The molecule has 0 aliphatic carbocycles. The quantitative estimate of drug-likeness (QED) is 0.464. The molecule has 36 heavy (non-hydrogen) atoms. The van der Waals surface area contributed by atoms with Gasteiger partial charge in [0.15, 0.2) is 23.3 Å². The molecule has 11 nitrogen and oxygen atoms in total. The Morgan fingerprint density at radius 3 is 2.58 bits per heavy atom. The first-order valence-corrected chi connectivity index (χ1v) is 11.8. The predicted octanol–water partition coefficient (Wildman–Crippen LogP) is 0.291. The van der Waals surface area contributed by atoms with Crippen molar-refractivity contribution in [3.63, 3.8) is 0 Å². The second-order valence-corrected chi connectivity index (χ2v) is 9.58. The van der Waals surface area contributed by atoms with Crippen LogP contribution in [0.4, 0.5) is 5.82 Å². The molecule has 3 heterocycles. The van der Waals surface area contributed by atoms with Crippen molar-refractivity contribution >= 4 is 11.7 Å². The molecule has 2 aliphatic rings. The monoisotopic (exact) mass is 497 g/mol. The van der Waals surface area contributed by atoms with Gasteiger partial charge in [-0.2, -0.15) is 5.26 Å². The predicted molar refractivity (Wildman–Crippen MR) is 129 cm³/mol. The van der Waals surface area contributed by atoms with Crippen LogP contribution in [0.3, 0.4) is 0 Å². The van der Waals surface area contributed by atoms with Gasteiger partial charge in [0.05, 0.1) is 45.3 Å². The molecule has 0 bridgehead atoms. The Hall–Kier alpha value is -3.46. The van der Waals surface area contributed by atoms with Crippen LogP contribution in [-0.2, 0) is 4.79 Å². The maximum atomic E-state index is 12.6. The summed E-state index contributed by atoms with van der Waals surface area (Å²) in [6.07, 6.45) is 0.667. The van der Waals surface area contributed by atoms with Gasteiger partial charge in [-0.3, -0.25) is 4.79 Å². The number of hydrogen-bond donors (Lipinski definition) is 3. The summed E-state index contributed by atoms with van der Waals surface area (Å²) < 4.78 is 11.8. The van der Waals surface area contributed by atoms with Crippen molar-refractivity contribution in [3.05, 3.63) is 41.9 Å². The van der Waals surface area contributed by atoms with Crippen molar-refractivity contribution in [2.24, 2.45) is 5.41 Å². The number of anilines is 1. The molecule has 1 aromatic carbocycles. The molecule has 2 aliphatic heterocycles. The summed E-state index contributed by atoms with van der Waals surface area (Å²) in [4.78, 5) is 24.4. The number of rotatable bonds is 8. The maximum absolute atomic E-state index is 12.6. The first kappa shape index (κ1) is 25.6. The van der Waals surface area contributed by atoms with Crippen LogP contribution in [0.25, 0.3) is 0 Å². The number of carbonyl (C=O) groups is 1. The highest BCUT2D eigenvalue weighted by molar-refractivity contribution is 5.81. The van der Waals surface area contributed by atoms with Gasteiger partial charge in [0.25, 0.3) is 5.91 Å². The van der Waals surface area contributed by atoms with Crippen molar-refractivity contribution in [1.82, 2.24) is 14.9 Å². The van der Waals surface area contributed by atoms with Gasteiger partial charge >= 0.3 is 0 Å². The van der Waals surface area contributed by atoms with Crippen molar-refractivity contribution in [2.75, 3.05) is 44.8 Å². The van der Waals surface area contributed by atoms with E-state index in [1.54, 1.807) is 20.2 Å². The standard InChI is InChI=1S/C25H31N5O6/c1-15(32)25(2)14-30(24(34)20(33)13-31)12-19(25)16-4-5-21(35-3)22(6-16)36-18-10-29(11-18)23-9-27-17(7-26)8-28-23/h4-6,8-9,15,18-20,31-33H,10-14H2,1-3H3/t15-,19+,20?,25+/m1/s1. The van der Waals surface area contributed by atoms with Crippen molar-refractivity contribution < 1.29 is 29.6 Å². The summed E-state index contributed by atoms with van der Waals surface area (Å²) in [6, 6.07) is 7.53. The average molecular weight is 498 g/mol. The minimum atomic E-state index is -1.49. The molecule has 1 amide bonds. The molecule has 4 rings (SSSR count). The minimum Gasteiger partial charge on any atom is -0.493 e. The number of aromatic nitrogens is 2. The normalized spacial score (nSPS) is 23.5. The number of amides is 1. The van der Waals surface area contributed by atoms with Gasteiger partial charge < -0.3 is 34.6 Å². The first-order valence-electron chi connectivity index (χ1n) is 11.8. The fourth-order valence-electron chi connectivity index (χ4n) is 4.80. The zero-order valence-corrected chi connectivity index (χ0v) is 20.5. The van der Waals surface area contributed by atoms with E-state index in [0.29, 0.717) is 30.4 Å². The third kappa shape index (κ3) is 4.80. The molecule has 192 valence electrons. The second kappa shape index (κ2) is 10.3. The smallest absolute Gasteiger partial charge is 0.253 e. The van der Waals surface area contributed by atoms with Crippen LogP contribution < -0.4 is 14.4 Å². The van der Waals surface area contributed by atoms with Crippen LogP contribution in [-0.4, -0.2) is 94.3 Å². The van der Waals surface area contributed by atoms with Crippen molar-refractivity contribution in [3.8, 4) is 17.6 Å². The van der Waals surface area contributed by atoms with Gasteiger partial charge in [0.2, 0.25) is 0 Å². The molecular weight excluding hydrogens is 466 g/mol. The van der Waals surface area contributed by atoms with Crippen LogP contribution in [0.1, 0.15) is 31.0 Å². The lowest BCUT2D eigenvalue weighted by Crippen LogP contribution is -2.54. The summed E-state index contributed by atoms with van der Waals surface area (Å²) in [6.45, 7) is 4.66. The molecule has 0 saturated carbocycles. The van der Waals surface area contributed by atoms with E-state index >= 15 is 0 Å². The molecule has 0 spiro atoms. The Bertz CT molecular complexity index is 1130. The highest BCUT2D eigenvalue weighted by Crippen LogP contribution is 2.47. The summed E-state index contributed by atoms with van der Waals surface area (Å²) in [7, 11) is 1.56. The molecule has 1 unspecified atom stereocenters. The Morgan fingerprint density at radius 2 is 2.00 bits per heavy atom. The van der Waals surface area contributed by atoms with Gasteiger partial charge in [-0.25, -0.2) is 9.97 Å². The van der Waals surface area contributed by atoms with Crippen molar-refractivity contribution in [1.29, 1.82) is 5.26 Å². The Labute approximate surface area is 209 Å². The summed E-state index contributed by atoms with van der Waals surface area (Å²) in [5, 5.41) is 38.6. The van der Waals surface area contributed by atoms with Crippen molar-refractivity contribution in [2.45, 2.75) is 38.1 Å². The lowest BCUT2D eigenvalue weighted by atomic mass is 9.72. The lowest BCUT2D eigenvalue weighted by molar-refractivity contribution is -0.141. The Balaban J connectivity index is 1.51. The SMILES string of the molecule is COc1ccc([C@@H]2CN(C(=O)C(O)CO)C[C@@]2(C)[C@@H](C)O)cc1OC1CN(c2cnc(C#N)cn2)C1. The molecule has 2 aromatic rings. The van der Waals surface area contributed by atoms with Crippen LogP contribution in [0, 0.1) is 16.7 Å². The highest BCUT2D eigenvalue weighted by atomic mass is 16.5. The lowest BCUT2D eigenvalue weighted by Gasteiger charge is -2.40. The zero-order valence-electron chi connectivity index (χ0n) is 20.5. The molecule has 1 aromatic heterocycles. The Morgan fingerprint density at radius 1 is 1.25 bits per heavy atom. The fourth-order valence-corrected chi connectivity index (χ4v) is 4.80. The van der Waals surface area contributed by atoms with Crippen LogP contribution >= 0.6 is 0 Å². The molecule has 11 heteroatoms. The molecule has 2 fully saturated rings. The fraction of sp³-hybridized carbons (Fsp3) is 0.520. The van der Waals surface area contributed by atoms with E-state index < -0.39 is 30.1 Å². The van der Waals surface area contributed by atoms with Crippen LogP contribution in [0.15, 0.2) is 30.6 Å². The summed E-state index contributed by atoms with van der Waals surface area (Å²) in [5.41, 5.74) is 0.464. The number of nitrogens with zero attached hydrogens (tertiary/aromatic N) is 5. The number of aliphatic hydroxyl groups is 3. The second-order valence-electron chi connectivity index (χ2n) is 9.58. The number of likely N-dealkylation sites (tertiary alicyclic amines) is 1. The number of methoxy groups -OCH3 is 1. The number of ether oxygens (including phenoxy) is 2. The average Bonchev–Trinajstić information content (AvgIpc) is 3.23. The van der Waals surface area contributed by atoms with Gasteiger partial charge in [0, 0.05) is 24.4 Å². The van der Waals surface area contributed by atoms with E-state index in [2.05, 4.69) is 9.97 Å².